The summed E-state index contributed by atoms with van der Waals surface area (Å²) >= 11 is 0. The van der Waals surface area contributed by atoms with E-state index in [9.17, 15) is 9.59 Å². The highest BCUT2D eigenvalue weighted by atomic mass is 16.5. The lowest BCUT2D eigenvalue weighted by Crippen LogP contribution is -2.30. The van der Waals surface area contributed by atoms with E-state index < -0.39 is 18.0 Å². The number of primary amides is 1. The molecule has 0 fully saturated rings. The molecule has 2 rings (SSSR count). The Morgan fingerprint density at radius 3 is 2.43 bits per heavy atom. The summed E-state index contributed by atoms with van der Waals surface area (Å²) in [4.78, 5) is 23.1. The summed E-state index contributed by atoms with van der Waals surface area (Å²) < 4.78 is 6.71. The van der Waals surface area contributed by atoms with Crippen LogP contribution in [0.1, 0.15) is 28.7 Å². The van der Waals surface area contributed by atoms with Crippen molar-refractivity contribution in [3.8, 4) is 5.69 Å². The molecule has 0 radical (unpaired) electrons. The molecule has 0 saturated heterocycles. The van der Waals surface area contributed by atoms with Gasteiger partial charge < -0.3 is 10.5 Å². The molecule has 1 unspecified atom stereocenters. The number of aryl methyl sites for hydroxylation is 1. The van der Waals surface area contributed by atoms with Gasteiger partial charge in [0.1, 0.15) is 5.56 Å². The SMILES string of the molecule is Cc1nn(-c2ccccc2)c(C)c1C(=O)OC(C)C(N)=O. The van der Waals surface area contributed by atoms with E-state index in [-0.39, 0.29) is 0 Å². The summed E-state index contributed by atoms with van der Waals surface area (Å²) in [5.41, 5.74) is 7.49. The highest BCUT2D eigenvalue weighted by Crippen LogP contribution is 2.19. The molecule has 0 aliphatic carbocycles. The molecule has 0 saturated carbocycles. The Balaban J connectivity index is 2.36. The molecule has 1 atom stereocenters. The van der Waals surface area contributed by atoms with Crippen LogP contribution >= 0.6 is 0 Å². The monoisotopic (exact) mass is 287 g/mol. The Morgan fingerprint density at radius 2 is 1.86 bits per heavy atom. The number of hydrogen-bond donors (Lipinski definition) is 1. The Labute approximate surface area is 122 Å². The molecule has 110 valence electrons. The van der Waals surface area contributed by atoms with Crippen LogP contribution in [0.3, 0.4) is 0 Å². The van der Waals surface area contributed by atoms with E-state index >= 15 is 0 Å². The second kappa shape index (κ2) is 5.78. The van der Waals surface area contributed by atoms with Crippen LogP contribution in [-0.4, -0.2) is 27.8 Å². The maximum absolute atomic E-state index is 12.2. The summed E-state index contributed by atoms with van der Waals surface area (Å²) in [6.45, 7) is 4.93. The standard InChI is InChI=1S/C15H17N3O3/c1-9-13(15(20)21-11(3)14(16)19)10(2)18(17-9)12-7-5-4-6-8-12/h4-8,11H,1-3H3,(H2,16,19). The number of nitrogens with zero attached hydrogens (tertiary/aromatic N) is 2. The number of ether oxygens (including phenoxy) is 1. The van der Waals surface area contributed by atoms with Crippen molar-refractivity contribution in [1.82, 2.24) is 9.78 Å². The third-order valence-electron chi connectivity index (χ3n) is 3.18. The van der Waals surface area contributed by atoms with E-state index in [0.29, 0.717) is 17.0 Å². The van der Waals surface area contributed by atoms with Crippen LogP contribution < -0.4 is 5.73 Å². The number of rotatable bonds is 4. The van der Waals surface area contributed by atoms with Gasteiger partial charge in [0.15, 0.2) is 6.10 Å². The van der Waals surface area contributed by atoms with Gasteiger partial charge in [0, 0.05) is 0 Å². The lowest BCUT2D eigenvalue weighted by molar-refractivity contribution is -0.125. The predicted molar refractivity (Wildman–Crippen MR) is 77.1 cm³/mol. The number of para-hydroxylation sites is 1. The van der Waals surface area contributed by atoms with Crippen molar-refractivity contribution in [2.75, 3.05) is 0 Å². The minimum absolute atomic E-state index is 0.354. The van der Waals surface area contributed by atoms with Crippen LogP contribution in [0.25, 0.3) is 5.69 Å². The van der Waals surface area contributed by atoms with E-state index in [1.165, 1.54) is 6.92 Å². The van der Waals surface area contributed by atoms with Crippen LogP contribution in [0, 0.1) is 13.8 Å². The third kappa shape index (κ3) is 2.94. The van der Waals surface area contributed by atoms with Crippen molar-refractivity contribution < 1.29 is 14.3 Å². The first-order chi connectivity index (χ1) is 9.91. The molecule has 0 aliphatic rings. The molecule has 6 heteroatoms. The van der Waals surface area contributed by atoms with Gasteiger partial charge >= 0.3 is 5.97 Å². The molecular weight excluding hydrogens is 270 g/mol. The van der Waals surface area contributed by atoms with Gasteiger partial charge in [-0.2, -0.15) is 5.10 Å². The first-order valence-electron chi connectivity index (χ1n) is 6.53. The van der Waals surface area contributed by atoms with Crippen LogP contribution in [-0.2, 0) is 9.53 Å². The van der Waals surface area contributed by atoms with Crippen molar-refractivity contribution in [3.05, 3.63) is 47.3 Å². The van der Waals surface area contributed by atoms with Crippen LogP contribution in [0.4, 0.5) is 0 Å². The van der Waals surface area contributed by atoms with Crippen molar-refractivity contribution in [3.63, 3.8) is 0 Å². The van der Waals surface area contributed by atoms with Gasteiger partial charge in [-0.1, -0.05) is 18.2 Å². The Bertz CT molecular complexity index is 677. The number of carbonyl (C=O) groups is 2. The smallest absolute Gasteiger partial charge is 0.342 e. The summed E-state index contributed by atoms with van der Waals surface area (Å²) in [5, 5.41) is 4.35. The summed E-state index contributed by atoms with van der Waals surface area (Å²) in [7, 11) is 0. The third-order valence-corrected chi connectivity index (χ3v) is 3.18. The molecule has 2 aromatic rings. The van der Waals surface area contributed by atoms with E-state index in [2.05, 4.69) is 5.10 Å². The average Bonchev–Trinajstić information content (AvgIpc) is 2.74. The van der Waals surface area contributed by atoms with Gasteiger partial charge in [0.05, 0.1) is 17.1 Å². The fourth-order valence-electron chi connectivity index (χ4n) is 2.04. The molecule has 2 N–H and O–H groups in total. The van der Waals surface area contributed by atoms with E-state index in [4.69, 9.17) is 10.5 Å². The number of nitrogens with two attached hydrogens (primary N) is 1. The van der Waals surface area contributed by atoms with Crippen molar-refractivity contribution in [2.24, 2.45) is 5.73 Å². The molecule has 1 amide bonds. The largest absolute Gasteiger partial charge is 0.449 e. The van der Waals surface area contributed by atoms with Crippen molar-refractivity contribution >= 4 is 11.9 Å². The van der Waals surface area contributed by atoms with Gasteiger partial charge in [-0.05, 0) is 32.9 Å². The van der Waals surface area contributed by atoms with Crippen LogP contribution in [0.5, 0.6) is 0 Å². The number of hydrogen-bond acceptors (Lipinski definition) is 4. The molecule has 1 aromatic carbocycles. The second-order valence-corrected chi connectivity index (χ2v) is 4.74. The molecule has 1 aromatic heterocycles. The molecule has 6 nitrogen and oxygen atoms in total. The van der Waals surface area contributed by atoms with E-state index in [1.54, 1.807) is 18.5 Å². The molecule has 0 bridgehead atoms. The number of benzene rings is 1. The average molecular weight is 287 g/mol. The summed E-state index contributed by atoms with van der Waals surface area (Å²) in [6.07, 6.45) is -0.976. The Kier molecular flexibility index (Phi) is 4.07. The zero-order valence-corrected chi connectivity index (χ0v) is 12.2. The lowest BCUT2D eigenvalue weighted by atomic mass is 10.2. The topological polar surface area (TPSA) is 87.2 Å². The van der Waals surface area contributed by atoms with Gasteiger partial charge in [-0.3, -0.25) is 4.79 Å². The van der Waals surface area contributed by atoms with Crippen LogP contribution in [0.15, 0.2) is 30.3 Å². The number of carbonyl (C=O) groups excluding carboxylic acids is 2. The number of esters is 1. The molecular formula is C15H17N3O3. The first-order valence-corrected chi connectivity index (χ1v) is 6.53. The van der Waals surface area contributed by atoms with Gasteiger partial charge in [0.25, 0.3) is 5.91 Å². The zero-order valence-electron chi connectivity index (χ0n) is 12.2. The quantitative estimate of drug-likeness (QED) is 0.864. The minimum Gasteiger partial charge on any atom is -0.449 e. The maximum atomic E-state index is 12.2. The highest BCUT2D eigenvalue weighted by Gasteiger charge is 2.23. The normalized spacial score (nSPS) is 12.0. The van der Waals surface area contributed by atoms with Gasteiger partial charge in [-0.15, -0.1) is 0 Å². The van der Waals surface area contributed by atoms with Gasteiger partial charge in [0.2, 0.25) is 0 Å². The maximum Gasteiger partial charge on any atom is 0.342 e. The first kappa shape index (κ1) is 14.8. The fourth-order valence-corrected chi connectivity index (χ4v) is 2.04. The predicted octanol–water partition coefficient (Wildman–Crippen LogP) is 1.52. The molecule has 0 aliphatic heterocycles. The Hall–Kier alpha value is -2.63. The molecule has 1 heterocycles. The van der Waals surface area contributed by atoms with Gasteiger partial charge in [-0.25, -0.2) is 9.48 Å². The van der Waals surface area contributed by atoms with Crippen LogP contribution in [0.2, 0.25) is 0 Å². The van der Waals surface area contributed by atoms with Crippen molar-refractivity contribution in [1.29, 1.82) is 0 Å². The summed E-state index contributed by atoms with van der Waals surface area (Å²) in [5.74, 6) is -1.28. The molecule has 21 heavy (non-hydrogen) atoms. The summed E-state index contributed by atoms with van der Waals surface area (Å²) in [6, 6.07) is 9.46. The Morgan fingerprint density at radius 1 is 1.24 bits per heavy atom. The molecule has 0 spiro atoms. The number of aromatic nitrogens is 2. The minimum atomic E-state index is -0.976. The van der Waals surface area contributed by atoms with E-state index in [0.717, 1.165) is 5.69 Å². The number of amides is 1. The van der Waals surface area contributed by atoms with Crippen molar-refractivity contribution in [2.45, 2.75) is 26.9 Å². The van der Waals surface area contributed by atoms with E-state index in [1.807, 2.05) is 30.3 Å². The lowest BCUT2D eigenvalue weighted by Gasteiger charge is -2.10. The zero-order chi connectivity index (χ0) is 15.6. The fraction of sp³-hybridized carbons (Fsp3) is 0.267. The highest BCUT2D eigenvalue weighted by molar-refractivity contribution is 5.94. The second-order valence-electron chi connectivity index (χ2n) is 4.74.